The third-order valence-electron chi connectivity index (χ3n) is 4.21. The summed E-state index contributed by atoms with van der Waals surface area (Å²) in [5, 5.41) is 5.20. The molecule has 3 rings (SSSR count). The van der Waals surface area contributed by atoms with E-state index in [2.05, 4.69) is 37.0 Å². The van der Waals surface area contributed by atoms with Crippen LogP contribution in [0, 0.1) is 0 Å². The number of anilines is 1. The molecule has 0 saturated carbocycles. The van der Waals surface area contributed by atoms with Gasteiger partial charge in [0.05, 0.1) is 0 Å². The molecule has 0 radical (unpaired) electrons. The second-order valence-electron chi connectivity index (χ2n) is 5.92. The Balaban J connectivity index is 1.85. The van der Waals surface area contributed by atoms with Crippen molar-refractivity contribution in [3.8, 4) is 0 Å². The average Bonchev–Trinajstić information content (AvgIpc) is 2.62. The predicted molar refractivity (Wildman–Crippen MR) is 102 cm³/mol. The monoisotopic (exact) mass is 456 g/mol. The molecular weight excluding hydrogens is 435 g/mol. The van der Waals surface area contributed by atoms with E-state index in [9.17, 15) is 4.79 Å². The number of halogens is 1. The Kier molecular flexibility index (Phi) is 6.08. The van der Waals surface area contributed by atoms with Crippen LogP contribution in [0.25, 0.3) is 10.9 Å². The SMILES string of the molecule is C[Se]CC(Nc1ncnc2ccc(Br)cc12)C(=O)N1CCCCC1. The fourth-order valence-corrected chi connectivity index (χ4v) is 4.52. The van der Waals surface area contributed by atoms with Crippen LogP contribution in [0.1, 0.15) is 19.3 Å². The molecule has 1 unspecified atom stereocenters. The minimum absolute atomic E-state index is 0.204. The van der Waals surface area contributed by atoms with Gasteiger partial charge in [0.1, 0.15) is 0 Å². The fourth-order valence-electron chi connectivity index (χ4n) is 2.98. The van der Waals surface area contributed by atoms with Crippen molar-refractivity contribution in [3.63, 3.8) is 0 Å². The standard InChI is InChI=1S/C17H21BrN4OSe/c1-24-10-15(17(23)22-7-3-2-4-8-22)21-16-13-9-12(18)5-6-14(13)19-11-20-16/h5-6,9,11,15H,2-4,7-8,10H2,1H3,(H,19,20,21). The van der Waals surface area contributed by atoms with E-state index in [1.807, 2.05) is 23.1 Å². The molecule has 1 aromatic heterocycles. The first kappa shape index (κ1) is 17.6. The van der Waals surface area contributed by atoms with E-state index in [0.717, 1.165) is 52.4 Å². The van der Waals surface area contributed by atoms with Gasteiger partial charge in [-0.25, -0.2) is 0 Å². The van der Waals surface area contributed by atoms with Crippen molar-refractivity contribution >= 4 is 53.5 Å². The van der Waals surface area contributed by atoms with Crippen molar-refractivity contribution in [1.29, 1.82) is 0 Å². The number of carbonyl (C=O) groups excluding carboxylic acids is 1. The summed E-state index contributed by atoms with van der Waals surface area (Å²) in [4.78, 5) is 23.6. The summed E-state index contributed by atoms with van der Waals surface area (Å²) in [6, 6.07) is 5.71. The fraction of sp³-hybridized carbons (Fsp3) is 0.471. The van der Waals surface area contributed by atoms with E-state index in [-0.39, 0.29) is 11.9 Å². The van der Waals surface area contributed by atoms with Gasteiger partial charge < -0.3 is 0 Å². The zero-order valence-corrected chi connectivity index (χ0v) is 17.0. The summed E-state index contributed by atoms with van der Waals surface area (Å²) in [6.07, 6.45) is 5.00. The molecule has 7 heteroatoms. The molecule has 0 bridgehead atoms. The van der Waals surface area contributed by atoms with Crippen LogP contribution < -0.4 is 5.32 Å². The average molecular weight is 456 g/mol. The van der Waals surface area contributed by atoms with Gasteiger partial charge in [-0.2, -0.15) is 0 Å². The Bertz CT molecular complexity index is 721. The van der Waals surface area contributed by atoms with Gasteiger partial charge in [0, 0.05) is 0 Å². The van der Waals surface area contributed by atoms with Gasteiger partial charge in [-0.05, 0) is 0 Å². The number of likely N-dealkylation sites (tertiary alicyclic amines) is 1. The van der Waals surface area contributed by atoms with Crippen molar-refractivity contribution in [1.82, 2.24) is 14.9 Å². The minimum atomic E-state index is -0.204. The van der Waals surface area contributed by atoms with Crippen molar-refractivity contribution < 1.29 is 4.79 Å². The van der Waals surface area contributed by atoms with Crippen LogP contribution in [0.2, 0.25) is 11.1 Å². The second-order valence-corrected chi connectivity index (χ2v) is 8.75. The van der Waals surface area contributed by atoms with Crippen LogP contribution in [-0.2, 0) is 4.79 Å². The molecule has 24 heavy (non-hydrogen) atoms. The van der Waals surface area contributed by atoms with Crippen molar-refractivity contribution in [3.05, 3.63) is 29.0 Å². The van der Waals surface area contributed by atoms with Gasteiger partial charge in [0.15, 0.2) is 0 Å². The zero-order valence-electron chi connectivity index (χ0n) is 13.7. The first-order valence-corrected chi connectivity index (χ1v) is 11.9. The normalized spacial score (nSPS) is 16.2. The third-order valence-corrected chi connectivity index (χ3v) is 6.10. The summed E-state index contributed by atoms with van der Waals surface area (Å²) in [5.41, 5.74) is 0.877. The van der Waals surface area contributed by atoms with Crippen LogP contribution in [0.4, 0.5) is 5.82 Å². The first-order chi connectivity index (χ1) is 11.7. The molecule has 0 aliphatic carbocycles. The quantitative estimate of drug-likeness (QED) is 0.702. The van der Waals surface area contributed by atoms with Crippen LogP contribution in [-0.4, -0.2) is 54.9 Å². The van der Waals surface area contributed by atoms with E-state index in [4.69, 9.17) is 0 Å². The molecule has 1 aromatic carbocycles. The van der Waals surface area contributed by atoms with Crippen molar-refractivity contribution in [2.75, 3.05) is 18.4 Å². The number of nitrogens with zero attached hydrogens (tertiary/aromatic N) is 3. The van der Waals surface area contributed by atoms with E-state index in [1.54, 1.807) is 6.33 Å². The van der Waals surface area contributed by atoms with E-state index < -0.39 is 0 Å². The number of piperidine rings is 1. The van der Waals surface area contributed by atoms with E-state index in [0.29, 0.717) is 15.0 Å². The van der Waals surface area contributed by atoms with Gasteiger partial charge in [-0.3, -0.25) is 0 Å². The van der Waals surface area contributed by atoms with E-state index in [1.165, 1.54) is 6.42 Å². The molecule has 2 heterocycles. The molecule has 0 spiro atoms. The Labute approximate surface area is 156 Å². The molecule has 5 nitrogen and oxygen atoms in total. The van der Waals surface area contributed by atoms with Crippen LogP contribution in [0.5, 0.6) is 0 Å². The molecule has 1 aliphatic heterocycles. The van der Waals surface area contributed by atoms with Gasteiger partial charge in [0.25, 0.3) is 0 Å². The van der Waals surface area contributed by atoms with Crippen molar-refractivity contribution in [2.24, 2.45) is 0 Å². The van der Waals surface area contributed by atoms with Crippen LogP contribution >= 0.6 is 15.9 Å². The zero-order chi connectivity index (χ0) is 16.9. The summed E-state index contributed by atoms with van der Waals surface area (Å²) in [7, 11) is 0. The number of aromatic nitrogens is 2. The van der Waals surface area contributed by atoms with Gasteiger partial charge >= 0.3 is 157 Å². The summed E-state index contributed by atoms with van der Waals surface area (Å²) < 4.78 is 0.978. The predicted octanol–water partition coefficient (Wildman–Crippen LogP) is 3.36. The number of carbonyl (C=O) groups is 1. The maximum absolute atomic E-state index is 12.9. The molecule has 128 valence electrons. The molecule has 1 N–H and O–H groups in total. The molecule has 1 fully saturated rings. The van der Waals surface area contributed by atoms with Gasteiger partial charge in [-0.1, -0.05) is 0 Å². The van der Waals surface area contributed by atoms with Crippen molar-refractivity contribution in [2.45, 2.75) is 36.4 Å². The first-order valence-electron chi connectivity index (χ1n) is 8.13. The Morgan fingerprint density at radius 2 is 2.12 bits per heavy atom. The summed E-state index contributed by atoms with van der Waals surface area (Å²) >= 11 is 3.91. The Hall–Kier alpha value is -1.17. The van der Waals surface area contributed by atoms with Crippen LogP contribution in [0.15, 0.2) is 29.0 Å². The second kappa shape index (κ2) is 8.28. The molecular formula is C17H21BrN4OSe. The number of hydrogen-bond acceptors (Lipinski definition) is 4. The Morgan fingerprint density at radius 3 is 2.88 bits per heavy atom. The number of benzene rings is 1. The summed E-state index contributed by atoms with van der Waals surface area (Å²) in [6.45, 7) is 1.76. The molecule has 1 amide bonds. The van der Waals surface area contributed by atoms with E-state index >= 15 is 0 Å². The molecule has 1 saturated heterocycles. The summed E-state index contributed by atoms with van der Waals surface area (Å²) in [5.74, 6) is 3.11. The number of rotatable bonds is 5. The number of amides is 1. The number of nitrogens with one attached hydrogen (secondary N) is 1. The number of fused-ring (bicyclic) bond motifs is 1. The maximum atomic E-state index is 12.9. The molecule has 2 aromatic rings. The van der Waals surface area contributed by atoms with Gasteiger partial charge in [-0.15, -0.1) is 0 Å². The topological polar surface area (TPSA) is 58.1 Å². The van der Waals surface area contributed by atoms with Crippen LogP contribution in [0.3, 0.4) is 0 Å². The molecule has 1 aliphatic rings. The molecule has 1 atom stereocenters. The third kappa shape index (κ3) is 4.08. The number of hydrogen-bond donors (Lipinski definition) is 1. The Morgan fingerprint density at radius 1 is 1.33 bits per heavy atom. The van der Waals surface area contributed by atoms with Gasteiger partial charge in [0.2, 0.25) is 0 Å².